The van der Waals surface area contributed by atoms with Crippen LogP contribution in [-0.4, -0.2) is 16.0 Å². The first-order chi connectivity index (χ1) is 12.3. The second kappa shape index (κ2) is 8.61. The van der Waals surface area contributed by atoms with Crippen LogP contribution in [0.25, 0.3) is 0 Å². The number of aromatic nitrogens is 2. The van der Waals surface area contributed by atoms with Crippen molar-refractivity contribution in [3.63, 3.8) is 0 Å². The van der Waals surface area contributed by atoms with E-state index in [0.29, 0.717) is 23.3 Å². The van der Waals surface area contributed by atoms with Crippen molar-refractivity contribution in [1.29, 1.82) is 5.26 Å². The Morgan fingerprint density at radius 3 is 2.46 bits per heavy atom. The molecule has 6 heteroatoms. The quantitative estimate of drug-likeness (QED) is 0.729. The molecule has 0 spiro atoms. The Morgan fingerprint density at radius 1 is 1.15 bits per heavy atom. The highest BCUT2D eigenvalue weighted by Crippen LogP contribution is 2.26. The summed E-state index contributed by atoms with van der Waals surface area (Å²) in [6.45, 7) is 10.4. The highest BCUT2D eigenvalue weighted by atomic mass is 19.1. The van der Waals surface area contributed by atoms with Gasteiger partial charge in [-0.15, -0.1) is 0 Å². The zero-order valence-electron chi connectivity index (χ0n) is 16.0. The molecule has 0 amide bonds. The lowest BCUT2D eigenvalue weighted by atomic mass is 9.94. The molecule has 0 aliphatic heterocycles. The van der Waals surface area contributed by atoms with Crippen molar-refractivity contribution in [3.8, 4) is 6.07 Å². The van der Waals surface area contributed by atoms with E-state index in [1.807, 2.05) is 19.1 Å². The predicted molar refractivity (Wildman–Crippen MR) is 103 cm³/mol. The highest BCUT2D eigenvalue weighted by Gasteiger charge is 2.19. The number of nitrogens with zero attached hydrogens (tertiary/aromatic N) is 3. The SMILES string of the molecule is Cc1cncc(Nc2nc(N[C@@H](CC(C)C)C(C)C)c(F)cc2C#N)c1. The fourth-order valence-corrected chi connectivity index (χ4v) is 2.71. The number of anilines is 3. The lowest BCUT2D eigenvalue weighted by Crippen LogP contribution is -2.28. The first-order valence-electron chi connectivity index (χ1n) is 8.86. The molecule has 0 aliphatic carbocycles. The van der Waals surface area contributed by atoms with Gasteiger partial charge in [0, 0.05) is 12.2 Å². The van der Waals surface area contributed by atoms with Gasteiger partial charge in [-0.25, -0.2) is 9.37 Å². The molecule has 138 valence electrons. The summed E-state index contributed by atoms with van der Waals surface area (Å²) < 4.78 is 14.5. The van der Waals surface area contributed by atoms with Crippen LogP contribution in [0.1, 0.15) is 45.2 Å². The minimum Gasteiger partial charge on any atom is -0.365 e. The maximum absolute atomic E-state index is 14.5. The van der Waals surface area contributed by atoms with E-state index in [4.69, 9.17) is 0 Å². The number of hydrogen-bond donors (Lipinski definition) is 2. The Balaban J connectivity index is 2.34. The summed E-state index contributed by atoms with van der Waals surface area (Å²) in [6, 6.07) is 5.20. The van der Waals surface area contributed by atoms with E-state index in [1.165, 1.54) is 6.07 Å². The van der Waals surface area contributed by atoms with E-state index in [9.17, 15) is 9.65 Å². The molecule has 0 aliphatic rings. The van der Waals surface area contributed by atoms with Crippen LogP contribution < -0.4 is 10.6 Å². The van der Waals surface area contributed by atoms with Gasteiger partial charge in [-0.05, 0) is 42.9 Å². The first kappa shape index (κ1) is 19.6. The molecular formula is C20H26FN5. The topological polar surface area (TPSA) is 73.6 Å². The molecule has 2 rings (SSSR count). The van der Waals surface area contributed by atoms with Crippen molar-refractivity contribution in [1.82, 2.24) is 9.97 Å². The molecule has 1 atom stereocenters. The minimum atomic E-state index is -0.524. The fraction of sp³-hybridized carbons (Fsp3) is 0.450. The Hall–Kier alpha value is -2.68. The van der Waals surface area contributed by atoms with Crippen molar-refractivity contribution in [2.45, 2.75) is 47.1 Å². The minimum absolute atomic E-state index is 0.0958. The second-order valence-electron chi connectivity index (χ2n) is 7.33. The van der Waals surface area contributed by atoms with Gasteiger partial charge in [0.05, 0.1) is 17.4 Å². The van der Waals surface area contributed by atoms with E-state index < -0.39 is 5.82 Å². The van der Waals surface area contributed by atoms with Crippen LogP contribution >= 0.6 is 0 Å². The summed E-state index contributed by atoms with van der Waals surface area (Å²) in [4.78, 5) is 8.47. The molecule has 2 N–H and O–H groups in total. The van der Waals surface area contributed by atoms with Gasteiger partial charge in [-0.3, -0.25) is 4.98 Å². The first-order valence-corrected chi connectivity index (χ1v) is 8.86. The van der Waals surface area contributed by atoms with Gasteiger partial charge in [-0.1, -0.05) is 27.7 Å². The third-order valence-electron chi connectivity index (χ3n) is 4.09. The zero-order valence-corrected chi connectivity index (χ0v) is 16.0. The smallest absolute Gasteiger partial charge is 0.166 e. The summed E-state index contributed by atoms with van der Waals surface area (Å²) in [7, 11) is 0. The Bertz CT molecular complexity index is 795. The Labute approximate surface area is 154 Å². The molecular weight excluding hydrogens is 329 g/mol. The van der Waals surface area contributed by atoms with Gasteiger partial charge >= 0.3 is 0 Å². The van der Waals surface area contributed by atoms with Crippen molar-refractivity contribution in [3.05, 3.63) is 41.5 Å². The maximum Gasteiger partial charge on any atom is 0.166 e. The highest BCUT2D eigenvalue weighted by molar-refractivity contribution is 5.65. The summed E-state index contributed by atoms with van der Waals surface area (Å²) >= 11 is 0. The number of nitriles is 1. The molecule has 0 radical (unpaired) electrons. The number of nitrogens with one attached hydrogen (secondary N) is 2. The van der Waals surface area contributed by atoms with Gasteiger partial charge in [0.25, 0.3) is 0 Å². The molecule has 0 unspecified atom stereocenters. The van der Waals surface area contributed by atoms with Crippen LogP contribution in [0, 0.1) is 35.9 Å². The average molecular weight is 355 g/mol. The molecule has 0 bridgehead atoms. The monoisotopic (exact) mass is 355 g/mol. The second-order valence-corrected chi connectivity index (χ2v) is 7.33. The number of halogens is 1. The third-order valence-corrected chi connectivity index (χ3v) is 4.09. The van der Waals surface area contributed by atoms with Gasteiger partial charge in [0.15, 0.2) is 17.5 Å². The zero-order chi connectivity index (χ0) is 19.3. The molecule has 2 aromatic rings. The lowest BCUT2D eigenvalue weighted by molar-refractivity contribution is 0.426. The third kappa shape index (κ3) is 5.16. The van der Waals surface area contributed by atoms with Gasteiger partial charge in [0.1, 0.15) is 6.07 Å². The molecule has 0 aromatic carbocycles. The fourth-order valence-electron chi connectivity index (χ4n) is 2.71. The summed E-state index contributed by atoms with van der Waals surface area (Å²) in [6.07, 6.45) is 4.28. The van der Waals surface area contributed by atoms with E-state index in [-0.39, 0.29) is 17.4 Å². The molecule has 5 nitrogen and oxygen atoms in total. The molecule has 2 aromatic heterocycles. The Kier molecular flexibility index (Phi) is 6.51. The number of hydrogen-bond acceptors (Lipinski definition) is 5. The lowest BCUT2D eigenvalue weighted by Gasteiger charge is -2.25. The van der Waals surface area contributed by atoms with Gasteiger partial charge < -0.3 is 10.6 Å². The normalized spacial score (nSPS) is 12.1. The van der Waals surface area contributed by atoms with Gasteiger partial charge in [-0.2, -0.15) is 5.26 Å². The number of aryl methyl sites for hydroxylation is 1. The van der Waals surface area contributed by atoms with Crippen molar-refractivity contribution < 1.29 is 4.39 Å². The van der Waals surface area contributed by atoms with Crippen molar-refractivity contribution in [2.75, 3.05) is 10.6 Å². The summed E-state index contributed by atoms with van der Waals surface area (Å²) in [5.74, 6) is 0.755. The van der Waals surface area contributed by atoms with Crippen molar-refractivity contribution >= 4 is 17.3 Å². The number of pyridine rings is 2. The van der Waals surface area contributed by atoms with Crippen LogP contribution in [0.5, 0.6) is 0 Å². The van der Waals surface area contributed by atoms with E-state index in [1.54, 1.807) is 12.4 Å². The molecule has 2 heterocycles. The van der Waals surface area contributed by atoms with Crippen LogP contribution in [0.2, 0.25) is 0 Å². The summed E-state index contributed by atoms with van der Waals surface area (Å²) in [5, 5.41) is 15.6. The van der Waals surface area contributed by atoms with E-state index >= 15 is 0 Å². The van der Waals surface area contributed by atoms with Crippen LogP contribution in [0.3, 0.4) is 0 Å². The van der Waals surface area contributed by atoms with Crippen molar-refractivity contribution in [2.24, 2.45) is 11.8 Å². The maximum atomic E-state index is 14.5. The standard InChI is InChI=1S/C20H26FN5/c1-12(2)6-18(13(3)4)25-20-17(21)8-15(9-22)19(26-20)24-16-7-14(5)10-23-11-16/h7-8,10-13,18H,6H2,1-5H3,(H2,24,25,26)/t18-/m0/s1. The van der Waals surface area contributed by atoms with Gasteiger partial charge in [0.2, 0.25) is 0 Å². The molecule has 26 heavy (non-hydrogen) atoms. The largest absolute Gasteiger partial charge is 0.365 e. The number of rotatable bonds is 7. The Morgan fingerprint density at radius 2 is 1.88 bits per heavy atom. The molecule has 0 saturated carbocycles. The van der Waals surface area contributed by atoms with Crippen LogP contribution in [-0.2, 0) is 0 Å². The van der Waals surface area contributed by atoms with E-state index in [0.717, 1.165) is 12.0 Å². The molecule has 0 fully saturated rings. The average Bonchev–Trinajstić information content (AvgIpc) is 2.56. The van der Waals surface area contributed by atoms with E-state index in [2.05, 4.69) is 48.3 Å². The molecule has 0 saturated heterocycles. The van der Waals surface area contributed by atoms with Crippen LogP contribution in [0.15, 0.2) is 24.5 Å². The summed E-state index contributed by atoms with van der Waals surface area (Å²) in [5.41, 5.74) is 1.83. The van der Waals surface area contributed by atoms with Crippen LogP contribution in [0.4, 0.5) is 21.7 Å². The predicted octanol–water partition coefficient (Wildman–Crippen LogP) is 5.02.